The largest absolute Gasteiger partial charge is 0.492 e. The molecule has 8 heteroatoms. The zero-order chi connectivity index (χ0) is 23.5. The summed E-state index contributed by atoms with van der Waals surface area (Å²) in [5.74, 6) is 2.80. The van der Waals surface area contributed by atoms with Gasteiger partial charge in [0.15, 0.2) is 0 Å². The molecular weight excluding hydrogens is 428 g/mol. The van der Waals surface area contributed by atoms with E-state index in [1.54, 1.807) is 10.7 Å². The minimum absolute atomic E-state index is 0.413. The number of nitriles is 1. The second kappa shape index (κ2) is 9.72. The molecule has 5 heterocycles. The summed E-state index contributed by atoms with van der Waals surface area (Å²) in [7, 11) is 0. The number of likely N-dealkylation sites (tertiary alicyclic amines) is 1. The Bertz CT molecular complexity index is 1190. The van der Waals surface area contributed by atoms with Crippen LogP contribution in [0.3, 0.4) is 0 Å². The van der Waals surface area contributed by atoms with E-state index in [1.165, 1.54) is 12.8 Å². The number of aromatic nitrogens is 3. The molecule has 0 aromatic carbocycles. The first kappa shape index (κ1) is 22.2. The molecule has 8 nitrogen and oxygen atoms in total. The van der Waals surface area contributed by atoms with Gasteiger partial charge < -0.3 is 14.5 Å². The summed E-state index contributed by atoms with van der Waals surface area (Å²) in [4.78, 5) is 19.9. The summed E-state index contributed by atoms with van der Waals surface area (Å²) in [6.07, 6.45) is 10.6. The number of ether oxygens (including phenoxy) is 1. The first-order valence-corrected chi connectivity index (χ1v) is 12.1. The minimum Gasteiger partial charge on any atom is -0.492 e. The predicted molar refractivity (Wildman–Crippen MR) is 130 cm³/mol. The molecule has 0 N–H and O–H groups in total. The number of hydrogen-bond donors (Lipinski definition) is 0. The minimum atomic E-state index is 0.413. The lowest BCUT2D eigenvalue weighted by molar-refractivity contribution is -0.119. The number of anilines is 1. The third-order valence-corrected chi connectivity index (χ3v) is 7.03. The second-order valence-electron chi connectivity index (χ2n) is 9.55. The smallest absolute Gasteiger partial charge is 0.209 e. The summed E-state index contributed by atoms with van der Waals surface area (Å²) >= 11 is 0. The summed E-state index contributed by atoms with van der Waals surface area (Å²) in [5, 5.41) is 14.0. The van der Waals surface area contributed by atoms with Crippen molar-refractivity contribution in [1.82, 2.24) is 19.5 Å². The topological polar surface area (TPSA) is 86.8 Å². The first-order valence-electron chi connectivity index (χ1n) is 12.1. The second-order valence-corrected chi connectivity index (χ2v) is 9.55. The number of carbonyl (C=O) groups excluding carboxylic acids is 1. The molecule has 0 aliphatic carbocycles. The number of hydrogen-bond acceptors (Lipinski definition) is 6. The van der Waals surface area contributed by atoms with Crippen molar-refractivity contribution < 1.29 is 9.53 Å². The molecule has 0 radical (unpaired) electrons. The number of rotatable bonds is 6. The van der Waals surface area contributed by atoms with Crippen LogP contribution in [0, 0.1) is 23.2 Å². The Hall–Kier alpha value is -3.60. The highest BCUT2D eigenvalue weighted by molar-refractivity contribution is 5.85. The highest BCUT2D eigenvalue weighted by Crippen LogP contribution is 2.32. The number of nitrogens with zero attached hydrogens (tertiary/aromatic N) is 6. The number of fused-ring (bicyclic) bond motifs is 1. The molecule has 0 saturated carbocycles. The van der Waals surface area contributed by atoms with Crippen molar-refractivity contribution in [2.45, 2.75) is 32.6 Å². The average Bonchev–Trinajstić information content (AvgIpc) is 3.30. The predicted octanol–water partition coefficient (Wildman–Crippen LogP) is 3.75. The lowest BCUT2D eigenvalue weighted by Gasteiger charge is -2.31. The maximum atomic E-state index is 10.9. The van der Waals surface area contributed by atoms with Crippen LogP contribution in [0.5, 0.6) is 5.75 Å². The van der Waals surface area contributed by atoms with Crippen molar-refractivity contribution in [3.8, 4) is 22.9 Å². The van der Waals surface area contributed by atoms with Crippen LogP contribution in [0.25, 0.3) is 16.6 Å². The fourth-order valence-electron chi connectivity index (χ4n) is 5.05. The Morgan fingerprint density at radius 3 is 2.76 bits per heavy atom. The van der Waals surface area contributed by atoms with Gasteiger partial charge in [-0.05, 0) is 55.7 Å². The van der Waals surface area contributed by atoms with Crippen LogP contribution in [-0.4, -0.2) is 58.7 Å². The van der Waals surface area contributed by atoms with Crippen LogP contribution in [0.4, 0.5) is 5.82 Å². The van der Waals surface area contributed by atoms with Crippen LogP contribution >= 0.6 is 0 Å². The van der Waals surface area contributed by atoms with E-state index in [0.717, 1.165) is 67.9 Å². The zero-order valence-corrected chi connectivity index (χ0v) is 19.6. The molecule has 3 aromatic heterocycles. The summed E-state index contributed by atoms with van der Waals surface area (Å²) in [5.41, 5.74) is 3.10. The van der Waals surface area contributed by atoms with Gasteiger partial charge in [-0.2, -0.15) is 10.4 Å². The SMILES string of the molecule is C[C@H]1CCCN(c2ccc(-c3cc(OCC4CCN(C=O)CC4)cn4ncc(C#N)c34)cn2)C1. The molecule has 2 saturated heterocycles. The molecule has 2 fully saturated rings. The van der Waals surface area contributed by atoms with E-state index in [-0.39, 0.29) is 0 Å². The molecule has 0 bridgehead atoms. The summed E-state index contributed by atoms with van der Waals surface area (Å²) in [6.45, 7) is 6.51. The van der Waals surface area contributed by atoms with E-state index in [0.29, 0.717) is 29.8 Å². The Balaban J connectivity index is 1.40. The van der Waals surface area contributed by atoms with Crippen LogP contribution in [0.15, 0.2) is 36.8 Å². The molecule has 2 aliphatic heterocycles. The molecule has 5 rings (SSSR count). The maximum Gasteiger partial charge on any atom is 0.209 e. The van der Waals surface area contributed by atoms with Crippen molar-refractivity contribution >= 4 is 17.7 Å². The molecule has 2 aliphatic rings. The van der Waals surface area contributed by atoms with Gasteiger partial charge in [-0.15, -0.1) is 0 Å². The number of amides is 1. The average molecular weight is 459 g/mol. The van der Waals surface area contributed by atoms with E-state index in [9.17, 15) is 10.1 Å². The molecular formula is C26H30N6O2. The van der Waals surface area contributed by atoms with Gasteiger partial charge in [0.05, 0.1) is 30.1 Å². The number of carbonyl (C=O) groups is 1. The summed E-state index contributed by atoms with van der Waals surface area (Å²) < 4.78 is 7.90. The van der Waals surface area contributed by atoms with Crippen LogP contribution in [0.1, 0.15) is 38.2 Å². The Kier molecular flexibility index (Phi) is 6.35. The third kappa shape index (κ3) is 4.56. The number of pyridine rings is 2. The highest BCUT2D eigenvalue weighted by Gasteiger charge is 2.21. The zero-order valence-electron chi connectivity index (χ0n) is 19.6. The van der Waals surface area contributed by atoms with Gasteiger partial charge in [0, 0.05) is 43.5 Å². The molecule has 1 amide bonds. The van der Waals surface area contributed by atoms with E-state index in [2.05, 4.69) is 35.1 Å². The highest BCUT2D eigenvalue weighted by atomic mass is 16.5. The Morgan fingerprint density at radius 1 is 1.21 bits per heavy atom. The molecule has 34 heavy (non-hydrogen) atoms. The molecule has 176 valence electrons. The van der Waals surface area contributed by atoms with Crippen molar-refractivity contribution in [1.29, 1.82) is 5.26 Å². The van der Waals surface area contributed by atoms with Gasteiger partial charge >= 0.3 is 0 Å². The monoisotopic (exact) mass is 458 g/mol. The third-order valence-electron chi connectivity index (χ3n) is 7.03. The summed E-state index contributed by atoms with van der Waals surface area (Å²) in [6, 6.07) is 8.38. The van der Waals surface area contributed by atoms with E-state index >= 15 is 0 Å². The van der Waals surface area contributed by atoms with Gasteiger partial charge in [-0.3, -0.25) is 4.79 Å². The fraction of sp³-hybridized carbons (Fsp3) is 0.462. The molecule has 1 atom stereocenters. The Labute approximate surface area is 199 Å². The van der Waals surface area contributed by atoms with Crippen molar-refractivity contribution in [3.05, 3.63) is 42.4 Å². The van der Waals surface area contributed by atoms with Gasteiger partial charge in [0.25, 0.3) is 0 Å². The number of piperidine rings is 2. The maximum absolute atomic E-state index is 10.9. The lowest BCUT2D eigenvalue weighted by Crippen LogP contribution is -2.34. The lowest BCUT2D eigenvalue weighted by atomic mass is 9.98. The van der Waals surface area contributed by atoms with E-state index < -0.39 is 0 Å². The van der Waals surface area contributed by atoms with Crippen LogP contribution in [-0.2, 0) is 4.79 Å². The van der Waals surface area contributed by atoms with Gasteiger partial charge in [0.1, 0.15) is 17.6 Å². The van der Waals surface area contributed by atoms with Crippen molar-refractivity contribution in [2.24, 2.45) is 11.8 Å². The van der Waals surface area contributed by atoms with Crippen LogP contribution in [0.2, 0.25) is 0 Å². The van der Waals surface area contributed by atoms with Gasteiger partial charge in [-0.1, -0.05) is 6.92 Å². The first-order chi connectivity index (χ1) is 16.6. The quantitative estimate of drug-likeness (QED) is 0.523. The van der Waals surface area contributed by atoms with Gasteiger partial charge in [0.2, 0.25) is 6.41 Å². The molecule has 0 spiro atoms. The molecule has 3 aromatic rings. The van der Waals surface area contributed by atoms with Crippen LogP contribution < -0.4 is 9.64 Å². The normalized spacial score (nSPS) is 19.2. The molecule has 0 unspecified atom stereocenters. The van der Waals surface area contributed by atoms with Crippen molar-refractivity contribution in [3.63, 3.8) is 0 Å². The fourth-order valence-corrected chi connectivity index (χ4v) is 5.05. The van der Waals surface area contributed by atoms with E-state index in [1.807, 2.05) is 23.4 Å². The van der Waals surface area contributed by atoms with Gasteiger partial charge in [-0.25, -0.2) is 9.50 Å². The Morgan fingerprint density at radius 2 is 2.06 bits per heavy atom. The van der Waals surface area contributed by atoms with Crippen molar-refractivity contribution in [2.75, 3.05) is 37.7 Å². The standard InChI is InChI=1S/C26H30N6O2/c1-19-3-2-8-31(15-19)25-5-4-21(13-28-25)24-11-23(16-32-26(24)22(12-27)14-29-32)34-17-20-6-9-30(18-33)10-7-20/h4-5,11,13-14,16,18-20H,2-3,6-10,15,17H2,1H3/t19-/m0/s1. The van der Waals surface area contributed by atoms with E-state index in [4.69, 9.17) is 9.72 Å².